The summed E-state index contributed by atoms with van der Waals surface area (Å²) < 4.78 is 0. The number of aryl methyl sites for hydroxylation is 2. The Kier molecular flexibility index (Phi) is 5.99. The molecule has 0 bridgehead atoms. The molecule has 2 aromatic rings. The molecular formula is C22H30N4O2S+2. The second-order valence-electron chi connectivity index (χ2n) is 8.26. The Morgan fingerprint density at radius 2 is 1.83 bits per heavy atom. The van der Waals surface area contributed by atoms with Gasteiger partial charge in [-0.25, -0.2) is 0 Å². The molecule has 0 radical (unpaired) electrons. The summed E-state index contributed by atoms with van der Waals surface area (Å²) in [5, 5.41) is 6.83. The molecule has 4 N–H and O–H groups in total. The number of likely N-dealkylation sites (N-methyl/N-ethyl adjacent to an activating group) is 1. The van der Waals surface area contributed by atoms with Gasteiger partial charge < -0.3 is 20.4 Å². The SMILES string of the molecule is Cc1ccccc1NC(=O)c1c(NC(=O)C[NH+]2CC[NH+](C)CC2)sc2c1CCC2. The minimum absolute atomic E-state index is 0.00409. The van der Waals surface area contributed by atoms with Crippen molar-refractivity contribution in [2.45, 2.75) is 26.2 Å². The van der Waals surface area contributed by atoms with E-state index in [1.54, 1.807) is 11.3 Å². The predicted octanol–water partition coefficient (Wildman–Crippen LogP) is 0.149. The number of fused-ring (bicyclic) bond motifs is 1. The zero-order valence-electron chi connectivity index (χ0n) is 17.2. The summed E-state index contributed by atoms with van der Waals surface area (Å²) in [6.07, 6.45) is 2.98. The number of para-hydroxylation sites is 1. The summed E-state index contributed by atoms with van der Waals surface area (Å²) in [5.41, 5.74) is 3.63. The van der Waals surface area contributed by atoms with Crippen LogP contribution in [0, 0.1) is 6.92 Å². The number of thiophene rings is 1. The van der Waals surface area contributed by atoms with Crippen molar-refractivity contribution in [3.8, 4) is 0 Å². The molecule has 7 heteroatoms. The molecule has 29 heavy (non-hydrogen) atoms. The zero-order valence-corrected chi connectivity index (χ0v) is 18.0. The first-order valence-corrected chi connectivity index (χ1v) is 11.3. The van der Waals surface area contributed by atoms with E-state index in [1.807, 2.05) is 31.2 Å². The van der Waals surface area contributed by atoms with Crippen LogP contribution in [0.2, 0.25) is 0 Å². The molecule has 2 amide bonds. The lowest BCUT2D eigenvalue weighted by Gasteiger charge is -2.26. The maximum Gasteiger partial charge on any atom is 0.280 e. The number of benzene rings is 1. The molecule has 1 aliphatic carbocycles. The van der Waals surface area contributed by atoms with E-state index in [9.17, 15) is 9.59 Å². The topological polar surface area (TPSA) is 67.1 Å². The van der Waals surface area contributed by atoms with Gasteiger partial charge in [-0.15, -0.1) is 11.3 Å². The van der Waals surface area contributed by atoms with Crippen molar-refractivity contribution in [1.82, 2.24) is 0 Å². The monoisotopic (exact) mass is 414 g/mol. The number of anilines is 2. The molecule has 0 spiro atoms. The Labute approximate surface area is 175 Å². The van der Waals surface area contributed by atoms with E-state index < -0.39 is 0 Å². The van der Waals surface area contributed by atoms with Crippen LogP contribution < -0.4 is 20.4 Å². The quantitative estimate of drug-likeness (QED) is 0.563. The number of carbonyl (C=O) groups is 2. The number of nitrogens with one attached hydrogen (secondary N) is 4. The molecule has 6 nitrogen and oxygen atoms in total. The Bertz CT molecular complexity index is 916. The lowest BCUT2D eigenvalue weighted by Crippen LogP contribution is -3.27. The van der Waals surface area contributed by atoms with Gasteiger partial charge >= 0.3 is 0 Å². The van der Waals surface area contributed by atoms with Crippen LogP contribution in [0.25, 0.3) is 0 Å². The largest absolute Gasteiger partial charge is 0.328 e. The molecule has 1 aromatic heterocycles. The molecular weight excluding hydrogens is 384 g/mol. The van der Waals surface area contributed by atoms with Crippen molar-refractivity contribution in [2.75, 3.05) is 50.4 Å². The molecule has 1 aliphatic heterocycles. The van der Waals surface area contributed by atoms with Gasteiger partial charge in [-0.05, 0) is 43.4 Å². The Hall–Kier alpha value is -2.22. The Balaban J connectivity index is 1.50. The summed E-state index contributed by atoms with van der Waals surface area (Å²) in [6, 6.07) is 7.78. The average molecular weight is 415 g/mol. The third-order valence-corrected chi connectivity index (χ3v) is 7.22. The zero-order chi connectivity index (χ0) is 20.4. The lowest BCUT2D eigenvalue weighted by molar-refractivity contribution is -0.999. The molecule has 1 saturated heterocycles. The minimum atomic E-state index is -0.121. The van der Waals surface area contributed by atoms with Crippen LogP contribution in [0.5, 0.6) is 0 Å². The van der Waals surface area contributed by atoms with Gasteiger partial charge in [0.2, 0.25) is 0 Å². The van der Waals surface area contributed by atoms with Crippen molar-refractivity contribution in [3.05, 3.63) is 45.8 Å². The number of hydrogen-bond acceptors (Lipinski definition) is 3. The number of amides is 2. The number of carbonyl (C=O) groups excluding carboxylic acids is 2. The molecule has 2 heterocycles. The van der Waals surface area contributed by atoms with Crippen LogP contribution in [0.4, 0.5) is 10.7 Å². The molecule has 0 atom stereocenters. The maximum atomic E-state index is 13.2. The highest BCUT2D eigenvalue weighted by Crippen LogP contribution is 2.39. The fourth-order valence-corrected chi connectivity index (χ4v) is 5.54. The average Bonchev–Trinajstić information content (AvgIpc) is 3.26. The first-order chi connectivity index (χ1) is 14.0. The number of piperazine rings is 1. The van der Waals surface area contributed by atoms with Crippen LogP contribution in [0.1, 0.15) is 32.8 Å². The Morgan fingerprint density at radius 1 is 1.07 bits per heavy atom. The van der Waals surface area contributed by atoms with E-state index in [1.165, 1.54) is 14.7 Å². The summed E-state index contributed by atoms with van der Waals surface area (Å²) in [6.45, 7) is 6.67. The summed E-state index contributed by atoms with van der Waals surface area (Å²) in [5.74, 6) is -0.117. The van der Waals surface area contributed by atoms with E-state index in [4.69, 9.17) is 0 Å². The van der Waals surface area contributed by atoms with Crippen molar-refractivity contribution >= 4 is 33.8 Å². The van der Waals surface area contributed by atoms with Crippen LogP contribution in [-0.2, 0) is 17.6 Å². The van der Waals surface area contributed by atoms with Crippen LogP contribution in [-0.4, -0.2) is 51.6 Å². The van der Waals surface area contributed by atoms with Crippen LogP contribution in [0.3, 0.4) is 0 Å². The van der Waals surface area contributed by atoms with Gasteiger partial charge in [0.1, 0.15) is 31.2 Å². The molecule has 1 fully saturated rings. The first kappa shape index (κ1) is 20.1. The fourth-order valence-electron chi connectivity index (χ4n) is 4.24. The van der Waals surface area contributed by atoms with E-state index in [0.717, 1.165) is 62.3 Å². The van der Waals surface area contributed by atoms with Crippen LogP contribution >= 0.6 is 11.3 Å². The second-order valence-corrected chi connectivity index (χ2v) is 9.37. The van der Waals surface area contributed by atoms with E-state index in [-0.39, 0.29) is 11.8 Å². The predicted molar refractivity (Wildman–Crippen MR) is 116 cm³/mol. The van der Waals surface area contributed by atoms with E-state index in [2.05, 4.69) is 17.7 Å². The van der Waals surface area contributed by atoms with Gasteiger partial charge in [-0.2, -0.15) is 0 Å². The normalized spacial score (nSPS) is 20.9. The van der Waals surface area contributed by atoms with Gasteiger partial charge in [0.25, 0.3) is 11.8 Å². The lowest BCUT2D eigenvalue weighted by atomic mass is 10.1. The highest BCUT2D eigenvalue weighted by molar-refractivity contribution is 7.17. The second kappa shape index (κ2) is 8.65. The standard InChI is InChI=1S/C22H28N4O2S/c1-15-6-3-4-8-17(15)23-21(28)20-16-7-5-9-18(16)29-22(20)24-19(27)14-26-12-10-25(2)11-13-26/h3-4,6,8H,5,7,9-14H2,1-2H3,(H,23,28)(H,24,27)/p+2. The van der Waals surface area contributed by atoms with Gasteiger partial charge in [0, 0.05) is 10.6 Å². The van der Waals surface area contributed by atoms with Crippen LogP contribution in [0.15, 0.2) is 24.3 Å². The number of hydrogen-bond donors (Lipinski definition) is 4. The minimum Gasteiger partial charge on any atom is -0.328 e. The van der Waals surface area contributed by atoms with Gasteiger partial charge in [0.15, 0.2) is 6.54 Å². The number of quaternary nitrogens is 2. The molecule has 0 unspecified atom stereocenters. The van der Waals surface area contributed by atoms with Crippen molar-refractivity contribution < 1.29 is 19.4 Å². The van der Waals surface area contributed by atoms with Crippen molar-refractivity contribution in [3.63, 3.8) is 0 Å². The molecule has 2 aliphatic rings. The molecule has 4 rings (SSSR count). The van der Waals surface area contributed by atoms with Gasteiger partial charge in [0.05, 0.1) is 12.6 Å². The van der Waals surface area contributed by atoms with Gasteiger partial charge in [-0.3, -0.25) is 9.59 Å². The molecule has 154 valence electrons. The maximum absolute atomic E-state index is 13.2. The molecule has 0 saturated carbocycles. The molecule has 1 aromatic carbocycles. The van der Waals surface area contributed by atoms with Crippen molar-refractivity contribution in [1.29, 1.82) is 0 Å². The fraction of sp³-hybridized carbons (Fsp3) is 0.455. The summed E-state index contributed by atoms with van der Waals surface area (Å²) in [4.78, 5) is 30.0. The van der Waals surface area contributed by atoms with Crippen molar-refractivity contribution in [2.24, 2.45) is 0 Å². The summed E-state index contributed by atoms with van der Waals surface area (Å²) >= 11 is 1.58. The number of rotatable bonds is 5. The Morgan fingerprint density at radius 3 is 2.59 bits per heavy atom. The van der Waals surface area contributed by atoms with E-state index >= 15 is 0 Å². The van der Waals surface area contributed by atoms with Gasteiger partial charge in [-0.1, -0.05) is 18.2 Å². The smallest absolute Gasteiger partial charge is 0.280 e. The van der Waals surface area contributed by atoms with E-state index in [0.29, 0.717) is 17.1 Å². The third kappa shape index (κ3) is 4.52. The highest BCUT2D eigenvalue weighted by Gasteiger charge is 2.29. The highest BCUT2D eigenvalue weighted by atomic mass is 32.1. The first-order valence-electron chi connectivity index (χ1n) is 10.5. The third-order valence-electron chi connectivity index (χ3n) is 6.02. The summed E-state index contributed by atoms with van der Waals surface area (Å²) in [7, 11) is 2.20.